The summed E-state index contributed by atoms with van der Waals surface area (Å²) in [7, 11) is -3.81. The van der Waals surface area contributed by atoms with E-state index in [0.717, 1.165) is 23.8 Å². The molecule has 0 bridgehead atoms. The number of carbonyl (C=O) groups is 1. The lowest BCUT2D eigenvalue weighted by Gasteiger charge is -2.32. The number of Topliss-reactive ketones (excluding diaryl/α,β-unsaturated/α-hetero) is 1. The largest absolute Gasteiger partial charge is 0.505 e. The Hall–Kier alpha value is -2.26. The van der Waals surface area contributed by atoms with E-state index in [1.54, 1.807) is 6.08 Å². The molecule has 3 rings (SSSR count). The Morgan fingerprint density at radius 2 is 1.97 bits per heavy atom. The number of piperidine rings is 1. The number of phenolic OH excluding ortho intramolecular Hbond substituents is 1. The van der Waals surface area contributed by atoms with Gasteiger partial charge in [-0.3, -0.25) is 9.79 Å². The molecule has 2 aliphatic rings. The molecule has 2 aliphatic heterocycles. The molecular formula is C23H32FN3O4S. The van der Waals surface area contributed by atoms with Crippen LogP contribution in [0.4, 0.5) is 4.39 Å². The predicted octanol–water partition coefficient (Wildman–Crippen LogP) is 3.38. The molecule has 1 unspecified atom stereocenters. The quantitative estimate of drug-likeness (QED) is 0.669. The summed E-state index contributed by atoms with van der Waals surface area (Å²) in [6.07, 6.45) is 4.69. The number of benzene rings is 1. The molecule has 0 amide bonds. The first kappa shape index (κ1) is 24.4. The average Bonchev–Trinajstić information content (AvgIpc) is 2.78. The van der Waals surface area contributed by atoms with Gasteiger partial charge in [0.05, 0.1) is 4.90 Å². The summed E-state index contributed by atoms with van der Waals surface area (Å²) in [4.78, 5) is 17.3. The number of carbonyl (C=O) groups excluding carboxylic acids is 1. The zero-order chi connectivity index (χ0) is 23.7. The minimum atomic E-state index is -3.81. The van der Waals surface area contributed by atoms with Crippen LogP contribution in [-0.2, 0) is 14.8 Å². The second kappa shape index (κ2) is 9.31. The second-order valence-electron chi connectivity index (χ2n) is 9.48. The summed E-state index contributed by atoms with van der Waals surface area (Å²) >= 11 is 0. The van der Waals surface area contributed by atoms with Crippen molar-refractivity contribution < 1.29 is 22.7 Å². The number of nitrogens with two attached hydrogens (primary N) is 1. The fraction of sp³-hybridized carbons (Fsp3) is 0.565. The van der Waals surface area contributed by atoms with Gasteiger partial charge in [0.25, 0.3) is 0 Å². The van der Waals surface area contributed by atoms with Gasteiger partial charge >= 0.3 is 0 Å². The summed E-state index contributed by atoms with van der Waals surface area (Å²) in [5.41, 5.74) is 6.22. The van der Waals surface area contributed by atoms with Crippen LogP contribution in [0.25, 0.3) is 0 Å². The number of rotatable bonds is 6. The fourth-order valence-corrected chi connectivity index (χ4v) is 6.14. The molecule has 0 spiro atoms. The van der Waals surface area contributed by atoms with E-state index in [1.807, 2.05) is 6.92 Å². The van der Waals surface area contributed by atoms with E-state index >= 15 is 0 Å². The number of phenols is 1. The van der Waals surface area contributed by atoms with E-state index < -0.39 is 27.1 Å². The van der Waals surface area contributed by atoms with Gasteiger partial charge in [0, 0.05) is 25.6 Å². The summed E-state index contributed by atoms with van der Waals surface area (Å²) in [6.45, 7) is 6.59. The molecule has 7 nitrogen and oxygen atoms in total. The predicted molar refractivity (Wildman–Crippen MR) is 121 cm³/mol. The lowest BCUT2D eigenvalue weighted by molar-refractivity contribution is -0.123. The molecule has 1 saturated heterocycles. The lowest BCUT2D eigenvalue weighted by Crippen LogP contribution is -2.38. The molecule has 1 aromatic rings. The first-order valence-corrected chi connectivity index (χ1v) is 12.4. The third-order valence-corrected chi connectivity index (χ3v) is 8.10. The first-order chi connectivity index (χ1) is 14.9. The van der Waals surface area contributed by atoms with Crippen LogP contribution >= 0.6 is 0 Å². The Kier molecular flexibility index (Phi) is 7.09. The number of amidine groups is 1. The van der Waals surface area contributed by atoms with Crippen molar-refractivity contribution in [1.29, 1.82) is 0 Å². The van der Waals surface area contributed by atoms with Gasteiger partial charge in [0.1, 0.15) is 11.4 Å². The number of aliphatic imine (C=N–C) groups is 1. The molecule has 0 aliphatic carbocycles. The van der Waals surface area contributed by atoms with Crippen LogP contribution in [0, 0.1) is 17.7 Å². The SMILES string of the molecule is CC(C)CC1(C)N=C(N)C=C(CC2CCN(S(=O)(=O)c3ccc(F)c(O)c3)CC2)CC1=O. The van der Waals surface area contributed by atoms with Gasteiger partial charge in [-0.2, -0.15) is 4.31 Å². The Balaban J connectivity index is 1.63. The van der Waals surface area contributed by atoms with E-state index in [-0.39, 0.29) is 16.6 Å². The van der Waals surface area contributed by atoms with Crippen molar-refractivity contribution in [3.8, 4) is 5.75 Å². The number of nitrogens with zero attached hydrogens (tertiary/aromatic N) is 2. The number of ketones is 1. The molecular weight excluding hydrogens is 433 g/mol. The second-order valence-corrected chi connectivity index (χ2v) is 11.4. The molecule has 1 atom stereocenters. The number of halogens is 1. The molecule has 1 fully saturated rings. The molecule has 176 valence electrons. The molecule has 1 aromatic carbocycles. The summed E-state index contributed by atoms with van der Waals surface area (Å²) in [5.74, 6) is -0.573. The van der Waals surface area contributed by atoms with E-state index in [4.69, 9.17) is 5.73 Å². The van der Waals surface area contributed by atoms with Crippen LogP contribution in [0.3, 0.4) is 0 Å². The zero-order valence-electron chi connectivity index (χ0n) is 18.8. The summed E-state index contributed by atoms with van der Waals surface area (Å²) < 4.78 is 40.3. The van der Waals surface area contributed by atoms with E-state index in [0.29, 0.717) is 56.9 Å². The van der Waals surface area contributed by atoms with Gasteiger partial charge < -0.3 is 10.8 Å². The van der Waals surface area contributed by atoms with Crippen LogP contribution in [-0.4, -0.2) is 48.1 Å². The zero-order valence-corrected chi connectivity index (χ0v) is 19.7. The van der Waals surface area contributed by atoms with E-state index in [9.17, 15) is 22.7 Å². The van der Waals surface area contributed by atoms with Gasteiger partial charge in [-0.1, -0.05) is 19.4 Å². The molecule has 3 N–H and O–H groups in total. The van der Waals surface area contributed by atoms with Crippen molar-refractivity contribution in [3.05, 3.63) is 35.7 Å². The third kappa shape index (κ3) is 5.38. The normalized spacial score (nSPS) is 23.7. The third-order valence-electron chi connectivity index (χ3n) is 6.20. The van der Waals surface area contributed by atoms with Gasteiger partial charge in [-0.25, -0.2) is 12.8 Å². The standard InChI is InChI=1S/C23H32FN3O4S/c1-15(2)14-23(3)21(29)11-17(12-22(25)26-23)10-16-6-8-27(9-7-16)32(30,31)18-4-5-19(24)20(28)13-18/h4-5,12-13,15-16,28H,6-11,14H2,1-3H3,(H2,25,26). The highest BCUT2D eigenvalue weighted by Crippen LogP contribution is 2.33. The molecule has 0 radical (unpaired) electrons. The van der Waals surface area contributed by atoms with Gasteiger partial charge in [0.2, 0.25) is 10.0 Å². The Bertz CT molecular complexity index is 1040. The molecule has 0 saturated carbocycles. The van der Waals surface area contributed by atoms with Crippen LogP contribution < -0.4 is 5.73 Å². The summed E-state index contributed by atoms with van der Waals surface area (Å²) in [5, 5.41) is 9.53. The number of allylic oxidation sites excluding steroid dienone is 1. The van der Waals surface area contributed by atoms with Gasteiger partial charge in [0.15, 0.2) is 17.3 Å². The number of sulfonamides is 1. The first-order valence-electron chi connectivity index (χ1n) is 11.0. The molecule has 2 heterocycles. The smallest absolute Gasteiger partial charge is 0.243 e. The van der Waals surface area contributed by atoms with Crippen LogP contribution in [0.2, 0.25) is 0 Å². The number of hydrogen-bond acceptors (Lipinski definition) is 6. The van der Waals surface area contributed by atoms with Crippen molar-refractivity contribution in [3.63, 3.8) is 0 Å². The van der Waals surface area contributed by atoms with E-state index in [2.05, 4.69) is 18.8 Å². The van der Waals surface area contributed by atoms with Crippen molar-refractivity contribution in [2.45, 2.75) is 63.3 Å². The highest BCUT2D eigenvalue weighted by Gasteiger charge is 2.36. The topological polar surface area (TPSA) is 113 Å². The van der Waals surface area contributed by atoms with Crippen LogP contribution in [0.1, 0.15) is 52.9 Å². The Morgan fingerprint density at radius 1 is 1.31 bits per heavy atom. The summed E-state index contributed by atoms with van der Waals surface area (Å²) in [6, 6.07) is 3.05. The minimum absolute atomic E-state index is 0.0639. The van der Waals surface area contributed by atoms with Crippen molar-refractivity contribution in [1.82, 2.24) is 4.31 Å². The molecule has 32 heavy (non-hydrogen) atoms. The van der Waals surface area contributed by atoms with Crippen LogP contribution in [0.15, 0.2) is 39.7 Å². The maximum Gasteiger partial charge on any atom is 0.243 e. The Labute approximate surface area is 189 Å². The molecule has 9 heteroatoms. The number of aromatic hydroxyl groups is 1. The van der Waals surface area contributed by atoms with E-state index in [1.165, 1.54) is 4.31 Å². The highest BCUT2D eigenvalue weighted by atomic mass is 32.2. The highest BCUT2D eigenvalue weighted by molar-refractivity contribution is 7.89. The van der Waals surface area contributed by atoms with Gasteiger partial charge in [-0.05, 0) is 62.7 Å². The number of hydrogen-bond donors (Lipinski definition) is 2. The molecule has 0 aromatic heterocycles. The van der Waals surface area contributed by atoms with Crippen molar-refractivity contribution >= 4 is 21.6 Å². The monoisotopic (exact) mass is 465 g/mol. The minimum Gasteiger partial charge on any atom is -0.505 e. The van der Waals surface area contributed by atoms with Crippen molar-refractivity contribution in [2.75, 3.05) is 13.1 Å². The average molecular weight is 466 g/mol. The van der Waals surface area contributed by atoms with Gasteiger partial charge in [-0.15, -0.1) is 0 Å². The lowest BCUT2D eigenvalue weighted by atomic mass is 9.83. The Morgan fingerprint density at radius 3 is 2.56 bits per heavy atom. The maximum absolute atomic E-state index is 13.3. The van der Waals surface area contributed by atoms with Crippen LogP contribution in [0.5, 0.6) is 5.75 Å². The maximum atomic E-state index is 13.3. The fourth-order valence-electron chi connectivity index (χ4n) is 4.65. The van der Waals surface area contributed by atoms with Crippen molar-refractivity contribution in [2.24, 2.45) is 22.6 Å².